The zero-order valence-electron chi connectivity index (χ0n) is 14.6. The fourth-order valence-corrected chi connectivity index (χ4v) is 4.37. The minimum Gasteiger partial charge on any atom is -0.323 e. The molecule has 0 spiro atoms. The molecule has 27 heavy (non-hydrogen) atoms. The molecule has 0 radical (unpaired) electrons. The lowest BCUT2D eigenvalue weighted by atomic mass is 10.1. The first-order chi connectivity index (χ1) is 12.9. The number of nitrogens with one attached hydrogen (secondary N) is 1. The normalized spacial score (nSPS) is 16.2. The third-order valence-corrected chi connectivity index (χ3v) is 5.98. The van der Waals surface area contributed by atoms with Crippen LogP contribution in [0.25, 0.3) is 0 Å². The van der Waals surface area contributed by atoms with Crippen LogP contribution < -0.4 is 9.62 Å². The van der Waals surface area contributed by atoms with Gasteiger partial charge in [0.25, 0.3) is 10.0 Å². The Kier molecular flexibility index (Phi) is 4.31. The molecule has 7 heteroatoms. The Morgan fingerprint density at radius 3 is 2.52 bits per heavy atom. The Morgan fingerprint density at radius 2 is 1.81 bits per heavy atom. The number of fused-ring (bicyclic) bond motifs is 1. The number of sulfonamides is 1. The topological polar surface area (TPSA) is 62.3 Å². The summed E-state index contributed by atoms with van der Waals surface area (Å²) in [6, 6.07) is 16.6. The summed E-state index contributed by atoms with van der Waals surface area (Å²) in [5.41, 5.74) is 2.74. The lowest BCUT2D eigenvalue weighted by molar-refractivity contribution is 0.599. The lowest BCUT2D eigenvalue weighted by Gasteiger charge is -2.24. The van der Waals surface area contributed by atoms with Crippen molar-refractivity contribution in [3.05, 3.63) is 78.2 Å². The zero-order chi connectivity index (χ0) is 19.0. The summed E-state index contributed by atoms with van der Waals surface area (Å²) in [6.45, 7) is 2.13. The van der Waals surface area contributed by atoms with Gasteiger partial charge in [0.15, 0.2) is 0 Å². The van der Waals surface area contributed by atoms with Crippen LogP contribution in [-0.2, 0) is 16.4 Å². The summed E-state index contributed by atoms with van der Waals surface area (Å²) in [6.07, 6.45) is 2.43. The van der Waals surface area contributed by atoms with Crippen LogP contribution in [0, 0.1) is 5.82 Å². The number of pyridine rings is 1. The van der Waals surface area contributed by atoms with Gasteiger partial charge in [-0.15, -0.1) is 0 Å². The van der Waals surface area contributed by atoms with Crippen LogP contribution >= 0.6 is 0 Å². The van der Waals surface area contributed by atoms with Gasteiger partial charge in [-0.1, -0.05) is 18.2 Å². The molecule has 1 aliphatic rings. The lowest BCUT2D eigenvalue weighted by Crippen LogP contribution is -2.24. The molecule has 4 rings (SSSR count). The van der Waals surface area contributed by atoms with Crippen molar-refractivity contribution in [2.75, 3.05) is 9.62 Å². The third-order valence-electron chi connectivity index (χ3n) is 4.58. The van der Waals surface area contributed by atoms with Crippen molar-refractivity contribution < 1.29 is 12.8 Å². The van der Waals surface area contributed by atoms with Crippen LogP contribution in [0.5, 0.6) is 0 Å². The van der Waals surface area contributed by atoms with E-state index in [4.69, 9.17) is 0 Å². The van der Waals surface area contributed by atoms with Crippen molar-refractivity contribution in [2.24, 2.45) is 0 Å². The number of hydrogen-bond donors (Lipinski definition) is 1. The smallest absolute Gasteiger partial charge is 0.261 e. The molecular weight excluding hydrogens is 365 g/mol. The van der Waals surface area contributed by atoms with Crippen molar-refractivity contribution in [3.8, 4) is 0 Å². The van der Waals surface area contributed by atoms with Crippen LogP contribution in [0.15, 0.2) is 71.8 Å². The zero-order valence-corrected chi connectivity index (χ0v) is 15.4. The number of hydrogen-bond acceptors (Lipinski definition) is 4. The highest BCUT2D eigenvalue weighted by Gasteiger charge is 2.27. The molecule has 1 atom stereocenters. The van der Waals surface area contributed by atoms with Crippen LogP contribution in [-0.4, -0.2) is 19.4 Å². The average Bonchev–Trinajstić information content (AvgIpc) is 2.98. The van der Waals surface area contributed by atoms with Crippen LogP contribution in [0.1, 0.15) is 12.5 Å². The van der Waals surface area contributed by atoms with E-state index in [1.54, 1.807) is 12.1 Å². The van der Waals surface area contributed by atoms with Gasteiger partial charge < -0.3 is 4.90 Å². The van der Waals surface area contributed by atoms with Gasteiger partial charge in [0.2, 0.25) is 0 Å². The molecule has 1 aliphatic heterocycles. The van der Waals surface area contributed by atoms with Gasteiger partial charge in [-0.25, -0.2) is 17.8 Å². The quantitative estimate of drug-likeness (QED) is 0.737. The van der Waals surface area contributed by atoms with Crippen molar-refractivity contribution in [2.45, 2.75) is 24.3 Å². The number of anilines is 3. The molecule has 1 aromatic heterocycles. The average molecular weight is 383 g/mol. The fraction of sp³-hybridized carbons (Fsp3) is 0.150. The van der Waals surface area contributed by atoms with E-state index in [1.165, 1.54) is 23.9 Å². The first-order valence-corrected chi connectivity index (χ1v) is 10.0. The maximum absolute atomic E-state index is 13.0. The highest BCUT2D eigenvalue weighted by molar-refractivity contribution is 7.92. The molecule has 0 saturated carbocycles. The molecule has 3 aromatic rings. The van der Waals surface area contributed by atoms with Crippen LogP contribution in [0.4, 0.5) is 21.6 Å². The molecule has 1 unspecified atom stereocenters. The molecule has 2 heterocycles. The predicted octanol–water partition coefficient (Wildman–Crippen LogP) is 4.10. The van der Waals surface area contributed by atoms with Gasteiger partial charge in [0, 0.05) is 11.7 Å². The number of nitrogens with zero attached hydrogens (tertiary/aromatic N) is 2. The fourth-order valence-electron chi connectivity index (χ4n) is 3.33. The summed E-state index contributed by atoms with van der Waals surface area (Å²) in [4.78, 5) is 6.58. The van der Waals surface area contributed by atoms with Crippen molar-refractivity contribution in [3.63, 3.8) is 0 Å². The summed E-state index contributed by atoms with van der Waals surface area (Å²) in [5, 5.41) is 0. The summed E-state index contributed by atoms with van der Waals surface area (Å²) < 4.78 is 40.3. The molecule has 0 amide bonds. The molecule has 138 valence electrons. The summed E-state index contributed by atoms with van der Waals surface area (Å²) in [5.74, 6) is 0.275. The highest BCUT2D eigenvalue weighted by atomic mass is 32.2. The molecule has 2 aromatic carbocycles. The third kappa shape index (κ3) is 3.38. The number of benzene rings is 2. The van der Waals surface area contributed by atoms with Crippen LogP contribution in [0.2, 0.25) is 0 Å². The van der Waals surface area contributed by atoms with Gasteiger partial charge in [-0.05, 0) is 61.4 Å². The van der Waals surface area contributed by atoms with Gasteiger partial charge in [-0.2, -0.15) is 0 Å². The van der Waals surface area contributed by atoms with Gasteiger partial charge >= 0.3 is 0 Å². The van der Waals surface area contributed by atoms with Gasteiger partial charge in [-0.3, -0.25) is 4.72 Å². The molecule has 0 bridgehead atoms. The molecule has 1 N–H and O–H groups in total. The predicted molar refractivity (Wildman–Crippen MR) is 103 cm³/mol. The maximum atomic E-state index is 13.0. The Balaban J connectivity index is 1.57. The molecule has 0 saturated heterocycles. The van der Waals surface area contributed by atoms with E-state index >= 15 is 0 Å². The minimum absolute atomic E-state index is 0.00457. The van der Waals surface area contributed by atoms with E-state index in [-0.39, 0.29) is 10.9 Å². The summed E-state index contributed by atoms with van der Waals surface area (Å²) in [7, 11) is -3.79. The number of para-hydroxylation sites is 1. The van der Waals surface area contributed by atoms with Crippen molar-refractivity contribution in [1.29, 1.82) is 0 Å². The van der Waals surface area contributed by atoms with E-state index in [9.17, 15) is 12.8 Å². The Hall–Kier alpha value is -2.93. The van der Waals surface area contributed by atoms with E-state index in [0.717, 1.165) is 30.1 Å². The Morgan fingerprint density at radius 1 is 1.07 bits per heavy atom. The molecule has 0 fully saturated rings. The van der Waals surface area contributed by atoms with Crippen molar-refractivity contribution in [1.82, 2.24) is 4.98 Å². The largest absolute Gasteiger partial charge is 0.323 e. The molecule has 5 nitrogen and oxygen atoms in total. The second kappa shape index (κ2) is 6.66. The van der Waals surface area contributed by atoms with Gasteiger partial charge in [0.1, 0.15) is 11.6 Å². The van der Waals surface area contributed by atoms with E-state index < -0.39 is 15.8 Å². The maximum Gasteiger partial charge on any atom is 0.261 e. The Labute approximate surface area is 157 Å². The first-order valence-electron chi connectivity index (χ1n) is 8.56. The number of aromatic nitrogens is 1. The second-order valence-corrected chi connectivity index (χ2v) is 8.20. The monoisotopic (exact) mass is 383 g/mol. The highest BCUT2D eigenvalue weighted by Crippen LogP contribution is 2.37. The van der Waals surface area contributed by atoms with Gasteiger partial charge in [0.05, 0.1) is 16.8 Å². The van der Waals surface area contributed by atoms with E-state index in [2.05, 4.69) is 33.7 Å². The number of halogens is 1. The summed E-state index contributed by atoms with van der Waals surface area (Å²) >= 11 is 0. The van der Waals surface area contributed by atoms with E-state index in [0.29, 0.717) is 5.69 Å². The second-order valence-electron chi connectivity index (χ2n) is 6.52. The van der Waals surface area contributed by atoms with Crippen LogP contribution in [0.3, 0.4) is 0 Å². The molecular formula is C20H18FN3O2S. The Bertz CT molecular complexity index is 1070. The molecule has 0 aliphatic carbocycles. The standard InChI is InChI=1S/C20H18FN3O2S/c1-14-12-15-4-2-3-5-19(15)24(14)20-11-8-17(13-22-20)23-27(25,26)18-9-6-16(21)7-10-18/h2-11,13-14,23H,12H2,1H3. The van der Waals surface area contributed by atoms with Crippen molar-refractivity contribution >= 4 is 27.2 Å². The first kappa shape index (κ1) is 17.5. The van der Waals surface area contributed by atoms with E-state index in [1.807, 2.05) is 12.1 Å². The minimum atomic E-state index is -3.79. The number of rotatable bonds is 4. The SMILES string of the molecule is CC1Cc2ccccc2N1c1ccc(NS(=O)(=O)c2ccc(F)cc2)cn1.